The van der Waals surface area contributed by atoms with E-state index >= 15 is 0 Å². The largest absolute Gasteiger partial charge is 0.456 e. The molecule has 2 heteroatoms. The lowest BCUT2D eigenvalue weighted by atomic mass is 9.67. The second-order valence-electron chi connectivity index (χ2n) is 14.8. The molecule has 57 heavy (non-hydrogen) atoms. The summed E-state index contributed by atoms with van der Waals surface area (Å²) in [4.78, 5) is 2.46. The van der Waals surface area contributed by atoms with Gasteiger partial charge in [0.1, 0.15) is 11.2 Å². The van der Waals surface area contributed by atoms with E-state index in [0.717, 1.165) is 61.3 Å². The predicted octanol–water partition coefficient (Wildman–Crippen LogP) is 14.8. The fraction of sp³-hybridized carbons (Fsp3) is 0.0182. The van der Waals surface area contributed by atoms with Gasteiger partial charge in [-0.3, -0.25) is 0 Å². The molecule has 0 bridgehead atoms. The normalized spacial score (nSPS) is 12.7. The lowest BCUT2D eigenvalue weighted by Gasteiger charge is -2.35. The molecule has 1 aliphatic carbocycles. The average molecular weight is 728 g/mol. The summed E-state index contributed by atoms with van der Waals surface area (Å²) in [5.74, 6) is 0. The number of nitrogens with zero attached hydrogens (tertiary/aromatic N) is 1. The Kier molecular flexibility index (Phi) is 7.75. The molecule has 1 heterocycles. The van der Waals surface area contributed by atoms with Crippen molar-refractivity contribution in [1.29, 1.82) is 0 Å². The van der Waals surface area contributed by atoms with Crippen LogP contribution in [0.1, 0.15) is 22.3 Å². The van der Waals surface area contributed by atoms with Gasteiger partial charge in [0.25, 0.3) is 0 Å². The molecule has 9 aromatic carbocycles. The molecule has 0 radical (unpaired) electrons. The molecule has 0 aliphatic heterocycles. The zero-order valence-electron chi connectivity index (χ0n) is 31.2. The first-order valence-corrected chi connectivity index (χ1v) is 19.6. The highest BCUT2D eigenvalue weighted by molar-refractivity contribution is 6.07. The Hall–Kier alpha value is -7.42. The van der Waals surface area contributed by atoms with E-state index in [2.05, 4.69) is 217 Å². The maximum atomic E-state index is 6.47. The Bertz CT molecular complexity index is 3020. The number of hydrogen-bond donors (Lipinski definition) is 0. The minimum absolute atomic E-state index is 0.527. The zero-order chi connectivity index (χ0) is 37.8. The van der Waals surface area contributed by atoms with Crippen LogP contribution >= 0.6 is 0 Å². The molecule has 0 saturated carbocycles. The molecule has 10 aromatic rings. The molecule has 0 fully saturated rings. The fourth-order valence-corrected chi connectivity index (χ4v) is 9.32. The van der Waals surface area contributed by atoms with Crippen LogP contribution in [0.3, 0.4) is 0 Å². The van der Waals surface area contributed by atoms with E-state index in [1.165, 1.54) is 33.4 Å². The minimum atomic E-state index is -0.527. The summed E-state index contributed by atoms with van der Waals surface area (Å²) in [5, 5.41) is 2.24. The molecule has 0 atom stereocenters. The molecule has 0 unspecified atom stereocenters. The first kappa shape index (κ1) is 33.0. The number of benzene rings is 9. The van der Waals surface area contributed by atoms with Crippen molar-refractivity contribution in [2.45, 2.75) is 5.41 Å². The maximum absolute atomic E-state index is 6.47. The third-order valence-corrected chi connectivity index (χ3v) is 11.7. The van der Waals surface area contributed by atoms with Crippen LogP contribution in [0.15, 0.2) is 229 Å². The summed E-state index contributed by atoms with van der Waals surface area (Å²) in [6, 6.07) is 81.3. The van der Waals surface area contributed by atoms with Crippen LogP contribution < -0.4 is 4.90 Å². The van der Waals surface area contributed by atoms with Crippen LogP contribution in [0.5, 0.6) is 0 Å². The number of anilines is 3. The molecule has 268 valence electrons. The highest BCUT2D eigenvalue weighted by atomic mass is 16.3. The van der Waals surface area contributed by atoms with Crippen molar-refractivity contribution in [2.24, 2.45) is 0 Å². The molecule has 11 rings (SSSR count). The summed E-state index contributed by atoms with van der Waals surface area (Å²) in [7, 11) is 0. The Labute approximate surface area is 332 Å². The first-order valence-electron chi connectivity index (χ1n) is 19.6. The quantitative estimate of drug-likeness (QED) is 0.163. The van der Waals surface area contributed by atoms with Crippen molar-refractivity contribution < 1.29 is 4.42 Å². The Morgan fingerprint density at radius 3 is 1.63 bits per heavy atom. The lowest BCUT2D eigenvalue weighted by molar-refractivity contribution is 0.669. The standard InChI is InChI=1S/C55H37NO/c1-5-18-38(19-6-1)44-28-17-29-45(39-32-34-49-48-27-14-16-31-52(48)57-53(49)36-39)54(44)56(42-24-11-4-12-25-42)43-33-35-47-46-26-13-15-30-50(46)55(51(47)37-43,40-20-7-2-8-21-40)41-22-9-3-10-23-41/h1-37H. The average Bonchev–Trinajstić information content (AvgIpc) is 3.81. The molecular weight excluding hydrogens is 691 g/mol. The smallest absolute Gasteiger partial charge is 0.136 e. The van der Waals surface area contributed by atoms with Crippen LogP contribution in [-0.2, 0) is 5.41 Å². The second-order valence-corrected chi connectivity index (χ2v) is 14.8. The SMILES string of the molecule is c1ccc(-c2cccc(-c3ccc4c(c3)oc3ccccc34)c2N(c2ccccc2)c2ccc3c(c2)C(c2ccccc2)(c2ccccc2)c2ccccc2-3)cc1. The van der Waals surface area contributed by atoms with E-state index in [4.69, 9.17) is 4.42 Å². The van der Waals surface area contributed by atoms with Gasteiger partial charge in [0.2, 0.25) is 0 Å². The third kappa shape index (κ3) is 5.18. The van der Waals surface area contributed by atoms with Gasteiger partial charge in [-0.1, -0.05) is 182 Å². The lowest BCUT2D eigenvalue weighted by Crippen LogP contribution is -2.28. The molecule has 1 aromatic heterocycles. The van der Waals surface area contributed by atoms with Gasteiger partial charge in [-0.2, -0.15) is 0 Å². The predicted molar refractivity (Wildman–Crippen MR) is 237 cm³/mol. The monoisotopic (exact) mass is 727 g/mol. The summed E-state index contributed by atoms with van der Waals surface area (Å²) in [5.41, 5.74) is 16.6. The number of fused-ring (bicyclic) bond motifs is 6. The number of furan rings is 1. The Morgan fingerprint density at radius 2 is 0.895 bits per heavy atom. The summed E-state index contributed by atoms with van der Waals surface area (Å²) >= 11 is 0. The first-order chi connectivity index (χ1) is 28.3. The second kappa shape index (κ2) is 13.4. The fourth-order valence-electron chi connectivity index (χ4n) is 9.32. The van der Waals surface area contributed by atoms with Crippen molar-refractivity contribution in [3.63, 3.8) is 0 Å². The van der Waals surface area contributed by atoms with Crippen molar-refractivity contribution in [1.82, 2.24) is 0 Å². The number of rotatable bonds is 7. The van der Waals surface area contributed by atoms with Gasteiger partial charge in [0.05, 0.1) is 11.1 Å². The summed E-state index contributed by atoms with van der Waals surface area (Å²) < 4.78 is 6.47. The van der Waals surface area contributed by atoms with Gasteiger partial charge >= 0.3 is 0 Å². The Morgan fingerprint density at radius 1 is 0.333 bits per heavy atom. The van der Waals surface area contributed by atoms with Crippen LogP contribution in [0.25, 0.3) is 55.3 Å². The zero-order valence-corrected chi connectivity index (χ0v) is 31.2. The van der Waals surface area contributed by atoms with Crippen LogP contribution in [0.4, 0.5) is 17.1 Å². The molecule has 0 saturated heterocycles. The van der Waals surface area contributed by atoms with Gasteiger partial charge in [-0.25, -0.2) is 0 Å². The molecular formula is C55H37NO. The highest BCUT2D eigenvalue weighted by Crippen LogP contribution is 2.58. The molecule has 0 N–H and O–H groups in total. The van der Waals surface area contributed by atoms with Gasteiger partial charge in [-0.05, 0) is 87.0 Å². The number of hydrogen-bond acceptors (Lipinski definition) is 2. The van der Waals surface area contributed by atoms with Crippen molar-refractivity contribution in [2.75, 3.05) is 4.90 Å². The van der Waals surface area contributed by atoms with E-state index in [-0.39, 0.29) is 0 Å². The van der Waals surface area contributed by atoms with Crippen molar-refractivity contribution in [3.05, 3.63) is 247 Å². The molecule has 1 aliphatic rings. The van der Waals surface area contributed by atoms with Gasteiger partial charge in [-0.15, -0.1) is 0 Å². The van der Waals surface area contributed by atoms with Crippen molar-refractivity contribution in [3.8, 4) is 33.4 Å². The van der Waals surface area contributed by atoms with Gasteiger partial charge < -0.3 is 9.32 Å². The van der Waals surface area contributed by atoms with E-state index in [0.29, 0.717) is 0 Å². The van der Waals surface area contributed by atoms with Crippen LogP contribution in [-0.4, -0.2) is 0 Å². The van der Waals surface area contributed by atoms with E-state index in [1.54, 1.807) is 0 Å². The van der Waals surface area contributed by atoms with Gasteiger partial charge in [0.15, 0.2) is 0 Å². The third-order valence-electron chi connectivity index (χ3n) is 11.7. The molecule has 0 spiro atoms. The van der Waals surface area contributed by atoms with E-state index < -0.39 is 5.41 Å². The topological polar surface area (TPSA) is 16.4 Å². The maximum Gasteiger partial charge on any atom is 0.136 e. The molecule has 0 amide bonds. The minimum Gasteiger partial charge on any atom is -0.456 e. The van der Waals surface area contributed by atoms with E-state index in [9.17, 15) is 0 Å². The van der Waals surface area contributed by atoms with Gasteiger partial charge in [0, 0.05) is 33.3 Å². The molecule has 2 nitrogen and oxygen atoms in total. The van der Waals surface area contributed by atoms with Crippen LogP contribution in [0, 0.1) is 0 Å². The summed E-state index contributed by atoms with van der Waals surface area (Å²) in [6.07, 6.45) is 0. The summed E-state index contributed by atoms with van der Waals surface area (Å²) in [6.45, 7) is 0. The van der Waals surface area contributed by atoms with Crippen molar-refractivity contribution >= 4 is 39.0 Å². The Balaban J connectivity index is 1.21. The number of para-hydroxylation sites is 3. The van der Waals surface area contributed by atoms with Crippen LogP contribution in [0.2, 0.25) is 0 Å². The highest BCUT2D eigenvalue weighted by Gasteiger charge is 2.46. The van der Waals surface area contributed by atoms with E-state index in [1.807, 2.05) is 12.1 Å².